The van der Waals surface area contributed by atoms with Crippen LogP contribution in [0.1, 0.15) is 20.3 Å². The van der Waals surface area contributed by atoms with Crippen molar-refractivity contribution in [3.8, 4) is 0 Å². The molecule has 0 saturated carbocycles. The molecule has 18 heavy (non-hydrogen) atoms. The summed E-state index contributed by atoms with van der Waals surface area (Å²) in [5.74, 6) is -0.931. The topological polar surface area (TPSA) is 72.8 Å². The lowest BCUT2D eigenvalue weighted by Crippen LogP contribution is -2.47. The lowest BCUT2D eigenvalue weighted by atomic mass is 10.2. The number of phosphoric acid groups is 1. The summed E-state index contributed by atoms with van der Waals surface area (Å²) < 4.78 is 21.3. The summed E-state index contributed by atoms with van der Waals surface area (Å²) >= 11 is 0. The van der Waals surface area contributed by atoms with E-state index >= 15 is 0 Å². The van der Waals surface area contributed by atoms with Gasteiger partial charge in [0.1, 0.15) is 12.6 Å². The Morgan fingerprint density at radius 2 is 1.94 bits per heavy atom. The average Bonchev–Trinajstić information content (AvgIpc) is 2.15. The molecule has 0 radical (unpaired) electrons. The van der Waals surface area contributed by atoms with Gasteiger partial charge in [0.2, 0.25) is 0 Å². The van der Waals surface area contributed by atoms with Gasteiger partial charge in [-0.2, -0.15) is 0 Å². The van der Waals surface area contributed by atoms with Gasteiger partial charge in [-0.25, -0.2) is 9.36 Å². The van der Waals surface area contributed by atoms with Gasteiger partial charge in [-0.05, 0) is 13.3 Å². The van der Waals surface area contributed by atoms with Gasteiger partial charge in [0.05, 0.1) is 21.1 Å². The normalized spacial score (nSPS) is 16.8. The number of hydrogen-bond donors (Lipinski definition) is 1. The van der Waals surface area contributed by atoms with Crippen LogP contribution in [0.4, 0.5) is 0 Å². The third-order valence-corrected chi connectivity index (χ3v) is 3.42. The van der Waals surface area contributed by atoms with E-state index in [1.807, 2.05) is 28.1 Å². The second kappa shape index (κ2) is 6.48. The number of phosphoric ester groups is 1. The van der Waals surface area contributed by atoms with Crippen LogP contribution in [0.15, 0.2) is 12.2 Å². The highest BCUT2D eigenvalue weighted by molar-refractivity contribution is 7.48. The Labute approximate surface area is 108 Å². The maximum absolute atomic E-state index is 11.5. The Hall–Kier alpha value is -0.680. The molecule has 0 rings (SSSR count). The molecule has 0 heterocycles. The van der Waals surface area contributed by atoms with Gasteiger partial charge < -0.3 is 9.01 Å². The molecule has 0 aromatic heterocycles. The van der Waals surface area contributed by atoms with Crippen molar-refractivity contribution in [2.45, 2.75) is 26.3 Å². The average molecular weight is 280 g/mol. The van der Waals surface area contributed by atoms with E-state index < -0.39 is 13.8 Å². The summed E-state index contributed by atoms with van der Waals surface area (Å²) in [5, 5.41) is 0. The van der Waals surface area contributed by atoms with E-state index in [9.17, 15) is 14.3 Å². The zero-order chi connectivity index (χ0) is 14.6. The molecule has 0 aliphatic carbocycles. The Balaban J connectivity index is 4.47. The predicted octanol–water partition coefficient (Wildman–Crippen LogP) is 1.71. The van der Waals surface area contributed by atoms with Crippen molar-refractivity contribution >= 4 is 13.8 Å². The third kappa shape index (κ3) is 6.31. The molecule has 0 aliphatic heterocycles. The summed E-state index contributed by atoms with van der Waals surface area (Å²) in [6, 6.07) is 0.0361. The number of rotatable bonds is 7. The first-order valence-electron chi connectivity index (χ1n) is 5.67. The molecule has 0 aromatic rings. The highest BCUT2D eigenvalue weighted by Crippen LogP contribution is 2.44. The molecule has 0 spiro atoms. The molecule has 1 N–H and O–H groups in total. The van der Waals surface area contributed by atoms with Crippen molar-refractivity contribution in [1.29, 1.82) is 0 Å². The van der Waals surface area contributed by atoms with Crippen LogP contribution in [0.2, 0.25) is 0 Å². The number of carbonyl (C=O) groups is 1. The lowest BCUT2D eigenvalue weighted by Gasteiger charge is -2.33. The van der Waals surface area contributed by atoms with E-state index in [4.69, 9.17) is 4.52 Å². The van der Waals surface area contributed by atoms with Crippen LogP contribution in [0.25, 0.3) is 0 Å². The predicted molar refractivity (Wildman–Crippen MR) is 68.8 cm³/mol. The highest BCUT2D eigenvalue weighted by atomic mass is 31.2. The number of carbonyl (C=O) groups excluding carboxylic acids is 1. The summed E-state index contributed by atoms with van der Waals surface area (Å²) in [6.07, 6.45) is 0.776. The summed E-state index contributed by atoms with van der Waals surface area (Å²) in [6.45, 7) is 6.71. The molecule has 6 nitrogen and oxygen atoms in total. The smallest absolute Gasteiger partial charge is 0.367 e. The molecule has 2 atom stereocenters. The molecule has 0 aliphatic rings. The Kier molecular flexibility index (Phi) is 6.23. The van der Waals surface area contributed by atoms with E-state index in [-0.39, 0.29) is 18.2 Å². The van der Waals surface area contributed by atoms with E-state index in [0.29, 0.717) is 4.48 Å². The summed E-state index contributed by atoms with van der Waals surface area (Å²) in [4.78, 5) is 20.5. The van der Waals surface area contributed by atoms with Crippen LogP contribution in [0, 0.1) is 0 Å². The first-order valence-corrected chi connectivity index (χ1v) is 7.17. The summed E-state index contributed by atoms with van der Waals surface area (Å²) in [5.41, 5.74) is 0.0477. The summed E-state index contributed by atoms with van der Waals surface area (Å²) in [7, 11) is 1.51. The van der Waals surface area contributed by atoms with Crippen molar-refractivity contribution in [3.05, 3.63) is 12.2 Å². The number of quaternary nitrogens is 1. The minimum atomic E-state index is -4.36. The van der Waals surface area contributed by atoms with E-state index in [2.05, 4.69) is 11.1 Å². The maximum Gasteiger partial charge on any atom is 0.530 e. The van der Waals surface area contributed by atoms with Gasteiger partial charge in [-0.15, -0.1) is 0 Å². The highest BCUT2D eigenvalue weighted by Gasteiger charge is 2.31. The quantitative estimate of drug-likeness (QED) is 0.436. The van der Waals surface area contributed by atoms with Gasteiger partial charge in [-0.1, -0.05) is 13.5 Å². The van der Waals surface area contributed by atoms with Gasteiger partial charge in [0.25, 0.3) is 0 Å². The fourth-order valence-corrected chi connectivity index (χ4v) is 2.06. The molecule has 0 aromatic carbocycles. The molecule has 0 fully saturated rings. The molecule has 106 valence electrons. The van der Waals surface area contributed by atoms with E-state index in [1.165, 1.54) is 6.92 Å². The number of hydrogen-bond acceptors (Lipinski definition) is 4. The van der Waals surface area contributed by atoms with Crippen molar-refractivity contribution in [3.63, 3.8) is 0 Å². The van der Waals surface area contributed by atoms with E-state index in [0.717, 1.165) is 6.42 Å². The van der Waals surface area contributed by atoms with Gasteiger partial charge in [-0.3, -0.25) is 9.42 Å². The number of likely N-dealkylation sites (N-methyl/N-ethyl adjacent to an activating group) is 1. The monoisotopic (exact) mass is 280 g/mol. The first kappa shape index (κ1) is 17.3. The molecule has 0 bridgehead atoms. The third-order valence-electron chi connectivity index (χ3n) is 2.54. The fourth-order valence-electron chi connectivity index (χ4n) is 1.28. The van der Waals surface area contributed by atoms with Crippen molar-refractivity contribution in [2.24, 2.45) is 0 Å². The Morgan fingerprint density at radius 3 is 2.28 bits per heavy atom. The molecule has 0 saturated heterocycles. The first-order chi connectivity index (χ1) is 7.99. The van der Waals surface area contributed by atoms with Gasteiger partial charge in [0.15, 0.2) is 0 Å². The second-order valence-corrected chi connectivity index (χ2v) is 6.48. The van der Waals surface area contributed by atoms with Crippen molar-refractivity contribution in [2.75, 3.05) is 27.7 Å². The van der Waals surface area contributed by atoms with Crippen LogP contribution in [0.3, 0.4) is 0 Å². The fraction of sp³-hybridized carbons (Fsp3) is 0.727. The number of nitrogens with zero attached hydrogens (tertiary/aromatic N) is 1. The lowest BCUT2D eigenvalue weighted by molar-refractivity contribution is -0.896. The Morgan fingerprint density at radius 1 is 1.44 bits per heavy atom. The van der Waals surface area contributed by atoms with Gasteiger partial charge in [0, 0.05) is 5.57 Å². The second-order valence-electron chi connectivity index (χ2n) is 5.10. The Bertz CT molecular complexity index is 361. The molecular formula is C11H23NO5P+. The van der Waals surface area contributed by atoms with Crippen LogP contribution in [0.5, 0.6) is 0 Å². The van der Waals surface area contributed by atoms with Crippen LogP contribution in [-0.2, 0) is 18.4 Å². The van der Waals surface area contributed by atoms with Crippen LogP contribution >= 0.6 is 7.82 Å². The minimum absolute atomic E-state index is 0.0361. The minimum Gasteiger partial charge on any atom is -0.367 e. The van der Waals surface area contributed by atoms with Crippen molar-refractivity contribution in [1.82, 2.24) is 0 Å². The van der Waals surface area contributed by atoms with E-state index in [1.54, 1.807) is 0 Å². The van der Waals surface area contributed by atoms with Crippen molar-refractivity contribution < 1.29 is 27.8 Å². The SMILES string of the molecule is C=C(C)C(=O)OP(=O)(O)OCC(CC)[N+](C)(C)C. The zero-order valence-electron chi connectivity index (χ0n) is 11.7. The molecular weight excluding hydrogens is 257 g/mol. The largest absolute Gasteiger partial charge is 0.530 e. The zero-order valence-corrected chi connectivity index (χ0v) is 12.6. The van der Waals surface area contributed by atoms with Crippen LogP contribution < -0.4 is 0 Å². The molecule has 7 heteroatoms. The molecule has 0 amide bonds. The molecule has 2 unspecified atom stereocenters. The maximum atomic E-state index is 11.5. The van der Waals surface area contributed by atoms with Gasteiger partial charge >= 0.3 is 13.8 Å². The van der Waals surface area contributed by atoms with Crippen LogP contribution in [-0.4, -0.2) is 49.1 Å². The standard InChI is InChI=1S/C11H22NO5P/c1-7-10(12(4,5)6)8-16-18(14,15)17-11(13)9(2)3/h10H,2,7-8H2,1,3-6H3/p+1.